The highest BCUT2D eigenvalue weighted by Gasteiger charge is 2.24. The molecular formula is C13H20ClN3. The van der Waals surface area contributed by atoms with Gasteiger partial charge in [0.1, 0.15) is 5.15 Å². The van der Waals surface area contributed by atoms with Crippen molar-refractivity contribution in [1.82, 2.24) is 14.8 Å². The van der Waals surface area contributed by atoms with Crippen molar-refractivity contribution in [1.29, 1.82) is 0 Å². The summed E-state index contributed by atoms with van der Waals surface area (Å²) in [4.78, 5) is 8.83. The number of likely N-dealkylation sites (tertiary alicyclic amines) is 1. The minimum atomic E-state index is 0.589. The number of rotatable bonds is 4. The van der Waals surface area contributed by atoms with Crippen LogP contribution in [0, 0.1) is 0 Å². The summed E-state index contributed by atoms with van der Waals surface area (Å²) in [5, 5.41) is 0.589. The fraction of sp³-hybridized carbons (Fsp3) is 0.615. The average Bonchev–Trinajstić information content (AvgIpc) is 2.65. The molecule has 0 bridgehead atoms. The van der Waals surface area contributed by atoms with Crippen LogP contribution in [0.15, 0.2) is 18.3 Å². The first-order valence-electron chi connectivity index (χ1n) is 6.14. The summed E-state index contributed by atoms with van der Waals surface area (Å²) in [5.74, 6) is 0. The number of likely N-dealkylation sites (N-methyl/N-ethyl adjacent to an activating group) is 1. The van der Waals surface area contributed by atoms with E-state index >= 15 is 0 Å². The number of halogens is 1. The highest BCUT2D eigenvalue weighted by atomic mass is 35.5. The molecule has 0 aromatic carbocycles. The van der Waals surface area contributed by atoms with Gasteiger partial charge in [0.25, 0.3) is 0 Å². The fourth-order valence-corrected chi connectivity index (χ4v) is 2.70. The summed E-state index contributed by atoms with van der Waals surface area (Å²) >= 11 is 5.91. The van der Waals surface area contributed by atoms with Crippen LogP contribution in [0.1, 0.15) is 18.4 Å². The summed E-state index contributed by atoms with van der Waals surface area (Å²) in [7, 11) is 4.28. The zero-order valence-electron chi connectivity index (χ0n) is 10.6. The maximum atomic E-state index is 5.91. The number of pyridine rings is 1. The Morgan fingerprint density at radius 3 is 3.06 bits per heavy atom. The summed E-state index contributed by atoms with van der Waals surface area (Å²) in [6.45, 7) is 3.32. The van der Waals surface area contributed by atoms with Gasteiger partial charge in [-0.25, -0.2) is 4.98 Å². The predicted molar refractivity (Wildman–Crippen MR) is 71.2 cm³/mol. The van der Waals surface area contributed by atoms with E-state index in [0.29, 0.717) is 11.2 Å². The van der Waals surface area contributed by atoms with Crippen LogP contribution in [0.5, 0.6) is 0 Å². The van der Waals surface area contributed by atoms with Crippen molar-refractivity contribution in [2.24, 2.45) is 0 Å². The molecule has 0 radical (unpaired) electrons. The Hall–Kier alpha value is -0.640. The van der Waals surface area contributed by atoms with Crippen molar-refractivity contribution in [3.8, 4) is 0 Å². The van der Waals surface area contributed by atoms with E-state index in [9.17, 15) is 0 Å². The highest BCUT2D eigenvalue weighted by molar-refractivity contribution is 6.29. The van der Waals surface area contributed by atoms with Gasteiger partial charge in [0.15, 0.2) is 0 Å². The second-order valence-corrected chi connectivity index (χ2v) is 5.40. The standard InChI is InChI=1S/C13H20ClN3/c1-16(2)10-12-4-3-7-17(12)9-11-5-6-15-13(14)8-11/h5-6,8,12H,3-4,7,9-10H2,1-2H3. The molecule has 1 atom stereocenters. The zero-order chi connectivity index (χ0) is 12.3. The topological polar surface area (TPSA) is 19.4 Å². The molecule has 0 aliphatic carbocycles. The van der Waals surface area contributed by atoms with Crippen molar-refractivity contribution >= 4 is 11.6 Å². The van der Waals surface area contributed by atoms with Gasteiger partial charge in [-0.3, -0.25) is 4.90 Å². The predicted octanol–water partition coefficient (Wildman–Crippen LogP) is 2.26. The maximum Gasteiger partial charge on any atom is 0.129 e. The van der Waals surface area contributed by atoms with Gasteiger partial charge in [0, 0.05) is 25.3 Å². The van der Waals surface area contributed by atoms with E-state index in [2.05, 4.69) is 34.9 Å². The third-order valence-corrected chi connectivity index (χ3v) is 3.46. The summed E-state index contributed by atoms with van der Waals surface area (Å²) in [5.41, 5.74) is 1.26. The van der Waals surface area contributed by atoms with Gasteiger partial charge in [-0.05, 0) is 51.2 Å². The quantitative estimate of drug-likeness (QED) is 0.768. The molecule has 2 rings (SSSR count). The Morgan fingerprint density at radius 1 is 1.53 bits per heavy atom. The lowest BCUT2D eigenvalue weighted by Gasteiger charge is -2.27. The van der Waals surface area contributed by atoms with Crippen LogP contribution in [0.4, 0.5) is 0 Å². The Morgan fingerprint density at radius 2 is 2.35 bits per heavy atom. The van der Waals surface area contributed by atoms with E-state index in [1.807, 2.05) is 6.07 Å². The number of aromatic nitrogens is 1. The molecule has 1 aromatic rings. The molecule has 17 heavy (non-hydrogen) atoms. The normalized spacial score (nSPS) is 21.3. The van der Waals surface area contributed by atoms with Crippen LogP contribution in [0.2, 0.25) is 5.15 Å². The largest absolute Gasteiger partial charge is 0.308 e. The van der Waals surface area contributed by atoms with Gasteiger partial charge in [-0.15, -0.1) is 0 Å². The Kier molecular flexibility index (Phi) is 4.37. The minimum absolute atomic E-state index is 0.589. The summed E-state index contributed by atoms with van der Waals surface area (Å²) in [6.07, 6.45) is 4.39. The molecule has 0 spiro atoms. The molecule has 94 valence electrons. The van der Waals surface area contributed by atoms with Crippen molar-refractivity contribution < 1.29 is 0 Å². The molecule has 4 heteroatoms. The molecule has 3 nitrogen and oxygen atoms in total. The molecule has 1 aliphatic rings. The fourth-order valence-electron chi connectivity index (χ4n) is 2.51. The van der Waals surface area contributed by atoms with Crippen LogP contribution in [0.3, 0.4) is 0 Å². The van der Waals surface area contributed by atoms with Gasteiger partial charge in [0.05, 0.1) is 0 Å². The molecule has 2 heterocycles. The van der Waals surface area contributed by atoms with E-state index < -0.39 is 0 Å². The molecule has 0 saturated carbocycles. The third kappa shape index (κ3) is 3.66. The maximum absolute atomic E-state index is 5.91. The first kappa shape index (κ1) is 12.8. The molecule has 1 saturated heterocycles. The van der Waals surface area contributed by atoms with Crippen molar-refractivity contribution in [2.75, 3.05) is 27.2 Å². The lowest BCUT2D eigenvalue weighted by Crippen LogP contribution is -2.37. The smallest absolute Gasteiger partial charge is 0.129 e. The van der Waals surface area contributed by atoms with E-state index in [0.717, 1.165) is 13.1 Å². The molecule has 1 aromatic heterocycles. The van der Waals surface area contributed by atoms with Crippen LogP contribution in [0.25, 0.3) is 0 Å². The van der Waals surface area contributed by atoms with Gasteiger partial charge in [0.2, 0.25) is 0 Å². The number of nitrogens with zero attached hydrogens (tertiary/aromatic N) is 3. The Balaban J connectivity index is 1.97. The van der Waals surface area contributed by atoms with E-state index in [1.54, 1.807) is 6.20 Å². The molecule has 1 unspecified atom stereocenters. The highest BCUT2D eigenvalue weighted by Crippen LogP contribution is 2.21. The van der Waals surface area contributed by atoms with Gasteiger partial charge in [-0.1, -0.05) is 11.6 Å². The van der Waals surface area contributed by atoms with Gasteiger partial charge < -0.3 is 4.90 Å². The lowest BCUT2D eigenvalue weighted by atomic mass is 10.2. The average molecular weight is 254 g/mol. The summed E-state index contributed by atoms with van der Waals surface area (Å²) in [6, 6.07) is 4.70. The number of hydrogen-bond donors (Lipinski definition) is 0. The molecule has 1 fully saturated rings. The van der Waals surface area contributed by atoms with Crippen LogP contribution in [-0.4, -0.2) is 48.0 Å². The first-order chi connectivity index (χ1) is 8.15. The van der Waals surface area contributed by atoms with Crippen LogP contribution < -0.4 is 0 Å². The van der Waals surface area contributed by atoms with Gasteiger partial charge in [-0.2, -0.15) is 0 Å². The lowest BCUT2D eigenvalue weighted by molar-refractivity contribution is 0.201. The SMILES string of the molecule is CN(C)CC1CCCN1Cc1ccnc(Cl)c1. The van der Waals surface area contributed by atoms with E-state index in [4.69, 9.17) is 11.6 Å². The summed E-state index contributed by atoms with van der Waals surface area (Å²) < 4.78 is 0. The monoisotopic (exact) mass is 253 g/mol. The second-order valence-electron chi connectivity index (χ2n) is 5.02. The van der Waals surface area contributed by atoms with E-state index in [-0.39, 0.29) is 0 Å². The third-order valence-electron chi connectivity index (χ3n) is 3.25. The molecular weight excluding hydrogens is 234 g/mol. The Bertz CT molecular complexity index is 367. The van der Waals surface area contributed by atoms with Crippen LogP contribution in [-0.2, 0) is 6.54 Å². The van der Waals surface area contributed by atoms with Crippen molar-refractivity contribution in [2.45, 2.75) is 25.4 Å². The molecule has 1 aliphatic heterocycles. The van der Waals surface area contributed by atoms with Gasteiger partial charge >= 0.3 is 0 Å². The minimum Gasteiger partial charge on any atom is -0.308 e. The molecule has 0 amide bonds. The van der Waals surface area contributed by atoms with Crippen molar-refractivity contribution in [3.63, 3.8) is 0 Å². The Labute approximate surface area is 108 Å². The molecule has 0 N–H and O–H groups in total. The van der Waals surface area contributed by atoms with E-state index in [1.165, 1.54) is 24.9 Å². The first-order valence-corrected chi connectivity index (χ1v) is 6.52. The zero-order valence-corrected chi connectivity index (χ0v) is 11.3. The van der Waals surface area contributed by atoms with Crippen molar-refractivity contribution in [3.05, 3.63) is 29.0 Å². The number of hydrogen-bond acceptors (Lipinski definition) is 3. The van der Waals surface area contributed by atoms with Crippen LogP contribution >= 0.6 is 11.6 Å². The second kappa shape index (κ2) is 5.80.